The quantitative estimate of drug-likeness (QED) is 0.877. The maximum Gasteiger partial charge on any atom is 0.262 e. The summed E-state index contributed by atoms with van der Waals surface area (Å²) < 4.78 is 53.6. The van der Waals surface area contributed by atoms with E-state index < -0.39 is 26.6 Å². The number of nitrogens with zero attached hydrogens (tertiary/aromatic N) is 4. The Labute approximate surface area is 139 Å². The van der Waals surface area contributed by atoms with Crippen LogP contribution in [0.4, 0.5) is 26.2 Å². The largest absolute Gasteiger partial charge is 0.361 e. The van der Waals surface area contributed by atoms with Crippen molar-refractivity contribution in [2.45, 2.75) is 4.90 Å². The summed E-state index contributed by atoms with van der Waals surface area (Å²) in [7, 11) is 2.65. The number of aromatic nitrogens is 2. The number of nitrogens with one attached hydrogen (secondary N) is 1. The smallest absolute Gasteiger partial charge is 0.262 e. The van der Waals surface area contributed by atoms with Crippen molar-refractivity contribution in [2.24, 2.45) is 0 Å². The summed E-state index contributed by atoms with van der Waals surface area (Å²) in [5, 5.41) is 0. The number of hydrogen-bond acceptors (Lipinski definition) is 6. The van der Waals surface area contributed by atoms with Crippen molar-refractivity contribution in [3.8, 4) is 0 Å². The van der Waals surface area contributed by atoms with Crippen LogP contribution < -0.4 is 14.5 Å². The number of hydrogen-bond donors (Lipinski definition) is 1. The van der Waals surface area contributed by atoms with Crippen LogP contribution in [0, 0.1) is 11.6 Å². The highest BCUT2D eigenvalue weighted by Gasteiger charge is 2.20. The molecule has 0 radical (unpaired) electrons. The molecule has 0 aliphatic heterocycles. The molecule has 2 rings (SSSR count). The van der Waals surface area contributed by atoms with Gasteiger partial charge in [-0.25, -0.2) is 22.2 Å². The summed E-state index contributed by atoms with van der Waals surface area (Å²) in [5.74, 6) is -1.27. The van der Waals surface area contributed by atoms with Gasteiger partial charge >= 0.3 is 0 Å². The average molecular weight is 357 g/mol. The third kappa shape index (κ3) is 3.88. The Hall–Kier alpha value is -2.49. The molecule has 7 nitrogen and oxygen atoms in total. The predicted octanol–water partition coefficient (Wildman–Crippen LogP) is 1.69. The van der Waals surface area contributed by atoms with Gasteiger partial charge in [-0.1, -0.05) is 0 Å². The Morgan fingerprint density at radius 1 is 1.00 bits per heavy atom. The number of benzene rings is 1. The molecule has 1 heterocycles. The topological polar surface area (TPSA) is 78.4 Å². The van der Waals surface area contributed by atoms with Gasteiger partial charge in [-0.2, -0.15) is 4.98 Å². The summed E-state index contributed by atoms with van der Waals surface area (Å²) in [6, 6.07) is 2.06. The van der Waals surface area contributed by atoms with Gasteiger partial charge in [0.1, 0.15) is 17.3 Å². The van der Waals surface area contributed by atoms with Crippen LogP contribution in [0.1, 0.15) is 0 Å². The first-order valence-corrected chi connectivity index (χ1v) is 8.29. The van der Waals surface area contributed by atoms with E-state index in [1.807, 2.05) is 0 Å². The Bertz CT molecular complexity index is 836. The van der Waals surface area contributed by atoms with Gasteiger partial charge in [-0.15, -0.1) is 0 Å². The number of sulfonamides is 1. The minimum atomic E-state index is -4.20. The fourth-order valence-corrected chi connectivity index (χ4v) is 2.97. The fraction of sp³-hybridized carbons (Fsp3) is 0.286. The van der Waals surface area contributed by atoms with Gasteiger partial charge < -0.3 is 9.80 Å². The number of rotatable bonds is 5. The van der Waals surface area contributed by atoms with Crippen molar-refractivity contribution in [2.75, 3.05) is 42.7 Å². The van der Waals surface area contributed by atoms with E-state index in [1.54, 1.807) is 38.0 Å². The maximum absolute atomic E-state index is 13.3. The Morgan fingerprint density at radius 3 is 2.08 bits per heavy atom. The van der Waals surface area contributed by atoms with Gasteiger partial charge in [0.05, 0.1) is 11.1 Å². The van der Waals surface area contributed by atoms with E-state index in [2.05, 4.69) is 14.7 Å². The van der Waals surface area contributed by atoms with E-state index in [0.29, 0.717) is 17.8 Å². The molecule has 24 heavy (non-hydrogen) atoms. The zero-order valence-corrected chi connectivity index (χ0v) is 14.4. The van der Waals surface area contributed by atoms with E-state index in [0.717, 1.165) is 12.1 Å². The van der Waals surface area contributed by atoms with Crippen LogP contribution in [0.5, 0.6) is 0 Å². The number of anilines is 3. The van der Waals surface area contributed by atoms with Crippen molar-refractivity contribution < 1.29 is 17.2 Å². The molecule has 0 bridgehead atoms. The Balaban J connectivity index is 2.46. The van der Waals surface area contributed by atoms with Gasteiger partial charge in [-0.3, -0.25) is 4.72 Å². The molecule has 2 aromatic rings. The van der Waals surface area contributed by atoms with Crippen LogP contribution in [0.25, 0.3) is 0 Å². The number of halogens is 2. The van der Waals surface area contributed by atoms with Crippen LogP contribution in [0.2, 0.25) is 0 Å². The van der Waals surface area contributed by atoms with Gasteiger partial charge in [0.25, 0.3) is 10.0 Å². The summed E-state index contributed by atoms with van der Waals surface area (Å²) in [4.78, 5) is 11.0. The van der Waals surface area contributed by atoms with Crippen LogP contribution in [0.3, 0.4) is 0 Å². The second kappa shape index (κ2) is 6.56. The van der Waals surface area contributed by atoms with E-state index >= 15 is 0 Å². The highest BCUT2D eigenvalue weighted by Crippen LogP contribution is 2.26. The monoisotopic (exact) mass is 357 g/mol. The minimum Gasteiger partial charge on any atom is -0.361 e. The van der Waals surface area contributed by atoms with Gasteiger partial charge in [0.15, 0.2) is 5.82 Å². The molecule has 0 spiro atoms. The molecule has 1 aromatic heterocycles. The summed E-state index contributed by atoms with van der Waals surface area (Å²) in [5.41, 5.74) is 0.0928. The van der Waals surface area contributed by atoms with E-state index in [4.69, 9.17) is 0 Å². The van der Waals surface area contributed by atoms with Crippen LogP contribution >= 0.6 is 0 Å². The van der Waals surface area contributed by atoms with Crippen molar-refractivity contribution in [1.82, 2.24) is 9.97 Å². The first kappa shape index (κ1) is 17.9. The minimum absolute atomic E-state index is 0.0928. The molecule has 0 unspecified atom stereocenters. The molecule has 1 aromatic carbocycles. The summed E-state index contributed by atoms with van der Waals surface area (Å²) in [6.07, 6.45) is 1.30. The third-order valence-corrected chi connectivity index (χ3v) is 4.32. The molecular weight excluding hydrogens is 340 g/mol. The predicted molar refractivity (Wildman–Crippen MR) is 87.9 cm³/mol. The average Bonchev–Trinajstić information content (AvgIpc) is 2.45. The molecule has 0 fully saturated rings. The summed E-state index contributed by atoms with van der Waals surface area (Å²) >= 11 is 0. The lowest BCUT2D eigenvalue weighted by Crippen LogP contribution is -2.21. The van der Waals surface area contributed by atoms with E-state index in [9.17, 15) is 17.2 Å². The molecule has 0 atom stereocenters. The first-order valence-electron chi connectivity index (χ1n) is 6.81. The van der Waals surface area contributed by atoms with E-state index in [-0.39, 0.29) is 5.69 Å². The highest BCUT2D eigenvalue weighted by molar-refractivity contribution is 7.92. The van der Waals surface area contributed by atoms with Crippen molar-refractivity contribution in [3.63, 3.8) is 0 Å². The van der Waals surface area contributed by atoms with Gasteiger partial charge in [-0.05, 0) is 12.1 Å². The molecule has 10 heteroatoms. The molecule has 0 amide bonds. The van der Waals surface area contributed by atoms with Crippen molar-refractivity contribution in [3.05, 3.63) is 36.0 Å². The molecular formula is C14H17F2N5O2S. The SMILES string of the molecule is CN(C)c1ncc(NS(=O)(=O)c2cc(F)cc(F)c2)c(N(C)C)n1. The summed E-state index contributed by atoms with van der Waals surface area (Å²) in [6.45, 7) is 0. The van der Waals surface area contributed by atoms with Crippen LogP contribution in [0.15, 0.2) is 29.3 Å². The zero-order chi connectivity index (χ0) is 18.1. The van der Waals surface area contributed by atoms with Crippen molar-refractivity contribution >= 4 is 27.5 Å². The molecule has 0 aliphatic rings. The molecule has 130 valence electrons. The van der Waals surface area contributed by atoms with Crippen LogP contribution in [-0.4, -0.2) is 46.6 Å². The fourth-order valence-electron chi connectivity index (χ4n) is 1.88. The Morgan fingerprint density at radius 2 is 1.58 bits per heavy atom. The highest BCUT2D eigenvalue weighted by atomic mass is 32.2. The first-order chi connectivity index (χ1) is 11.1. The lowest BCUT2D eigenvalue weighted by atomic mass is 10.3. The van der Waals surface area contributed by atoms with Crippen LogP contribution in [-0.2, 0) is 10.0 Å². The van der Waals surface area contributed by atoms with E-state index in [1.165, 1.54) is 6.20 Å². The lowest BCUT2D eigenvalue weighted by Gasteiger charge is -2.19. The zero-order valence-electron chi connectivity index (χ0n) is 13.6. The van der Waals surface area contributed by atoms with Crippen molar-refractivity contribution in [1.29, 1.82) is 0 Å². The lowest BCUT2D eigenvalue weighted by molar-refractivity contribution is 0.568. The second-order valence-corrected chi connectivity index (χ2v) is 7.09. The maximum atomic E-state index is 13.3. The van der Waals surface area contributed by atoms with Gasteiger partial charge in [0.2, 0.25) is 5.95 Å². The standard InChI is InChI=1S/C14H17F2N5O2S/c1-20(2)13-12(8-17-14(18-13)21(3)4)19-24(22,23)11-6-9(15)5-10(16)7-11/h5-8,19H,1-4H3. The molecule has 0 saturated heterocycles. The third-order valence-electron chi connectivity index (χ3n) is 2.97. The Kier molecular flexibility index (Phi) is 4.88. The normalized spacial score (nSPS) is 11.2. The molecule has 1 N–H and O–H groups in total. The molecule has 0 aliphatic carbocycles. The second-order valence-electron chi connectivity index (χ2n) is 5.41. The van der Waals surface area contributed by atoms with Gasteiger partial charge in [0, 0.05) is 34.3 Å². The molecule has 0 saturated carbocycles.